The molecule has 0 radical (unpaired) electrons. The van der Waals surface area contributed by atoms with Crippen molar-refractivity contribution >= 4 is 5.97 Å². The van der Waals surface area contributed by atoms with Gasteiger partial charge in [-0.25, -0.2) is 0 Å². The molecule has 0 aromatic carbocycles. The number of nitrogens with zero attached hydrogens (tertiary/aromatic N) is 1. The standard InChI is InChI=1S/C12H21NO2/c1-9-5-3-6-10(9)13-8-4-7-12(13,2)11(14)15/h9-10H,3-8H2,1-2H3,(H,14,15). The second kappa shape index (κ2) is 3.78. The molecule has 1 N–H and O–H groups in total. The van der Waals surface area contributed by atoms with Crippen LogP contribution in [0.1, 0.15) is 46.0 Å². The third-order valence-electron chi connectivity index (χ3n) is 4.37. The Labute approximate surface area is 91.5 Å². The minimum absolute atomic E-state index is 0.508. The van der Waals surface area contributed by atoms with Crippen LogP contribution in [0, 0.1) is 5.92 Å². The molecular formula is C12H21NO2. The molecule has 3 nitrogen and oxygen atoms in total. The molecule has 1 saturated heterocycles. The molecule has 0 bridgehead atoms. The van der Waals surface area contributed by atoms with Gasteiger partial charge in [0.1, 0.15) is 5.54 Å². The van der Waals surface area contributed by atoms with Gasteiger partial charge in [-0.05, 0) is 45.1 Å². The Bertz CT molecular complexity index is 266. The van der Waals surface area contributed by atoms with Gasteiger partial charge in [0.2, 0.25) is 0 Å². The summed E-state index contributed by atoms with van der Waals surface area (Å²) in [6.45, 7) is 5.13. The summed E-state index contributed by atoms with van der Waals surface area (Å²) in [7, 11) is 0. The van der Waals surface area contributed by atoms with Crippen LogP contribution < -0.4 is 0 Å². The summed E-state index contributed by atoms with van der Waals surface area (Å²) in [5, 5.41) is 9.35. The van der Waals surface area contributed by atoms with Gasteiger partial charge >= 0.3 is 5.97 Å². The quantitative estimate of drug-likeness (QED) is 0.760. The third-order valence-corrected chi connectivity index (χ3v) is 4.37. The van der Waals surface area contributed by atoms with Gasteiger partial charge in [0.25, 0.3) is 0 Å². The summed E-state index contributed by atoms with van der Waals surface area (Å²) in [5.41, 5.74) is -0.594. The van der Waals surface area contributed by atoms with Crippen LogP contribution in [-0.4, -0.2) is 34.1 Å². The van der Waals surface area contributed by atoms with Crippen molar-refractivity contribution in [2.45, 2.75) is 57.5 Å². The van der Waals surface area contributed by atoms with E-state index in [1.54, 1.807) is 0 Å². The average molecular weight is 211 g/mol. The lowest BCUT2D eigenvalue weighted by Crippen LogP contribution is -2.53. The molecule has 2 rings (SSSR count). The summed E-state index contributed by atoms with van der Waals surface area (Å²) in [6.07, 6.45) is 5.55. The minimum atomic E-state index is -0.640. The van der Waals surface area contributed by atoms with E-state index in [1.165, 1.54) is 19.3 Å². The highest BCUT2D eigenvalue weighted by Gasteiger charge is 2.48. The molecule has 0 aromatic heterocycles. The fraction of sp³-hybridized carbons (Fsp3) is 0.917. The number of aliphatic carboxylic acids is 1. The molecule has 0 spiro atoms. The molecule has 1 aliphatic carbocycles. The fourth-order valence-corrected chi connectivity index (χ4v) is 3.33. The van der Waals surface area contributed by atoms with Crippen molar-refractivity contribution < 1.29 is 9.90 Å². The first-order valence-electron chi connectivity index (χ1n) is 6.06. The van der Waals surface area contributed by atoms with E-state index in [4.69, 9.17) is 0 Å². The summed E-state index contributed by atoms with van der Waals surface area (Å²) in [6, 6.07) is 0.508. The molecule has 2 fully saturated rings. The van der Waals surface area contributed by atoms with Crippen LogP contribution in [0.15, 0.2) is 0 Å². The maximum atomic E-state index is 11.4. The number of carbonyl (C=O) groups is 1. The van der Waals surface area contributed by atoms with Crippen molar-refractivity contribution in [3.63, 3.8) is 0 Å². The van der Waals surface area contributed by atoms with Crippen LogP contribution in [0.3, 0.4) is 0 Å². The Morgan fingerprint density at radius 1 is 1.40 bits per heavy atom. The van der Waals surface area contributed by atoms with E-state index >= 15 is 0 Å². The Hall–Kier alpha value is -0.570. The van der Waals surface area contributed by atoms with Crippen molar-refractivity contribution in [1.29, 1.82) is 0 Å². The van der Waals surface area contributed by atoms with Crippen LogP contribution in [-0.2, 0) is 4.79 Å². The maximum absolute atomic E-state index is 11.4. The van der Waals surface area contributed by atoms with E-state index in [-0.39, 0.29) is 0 Å². The summed E-state index contributed by atoms with van der Waals surface area (Å²) < 4.78 is 0. The zero-order chi connectivity index (χ0) is 11.1. The first kappa shape index (κ1) is 10.9. The summed E-state index contributed by atoms with van der Waals surface area (Å²) in [5.74, 6) is 0.0286. The third kappa shape index (κ3) is 1.67. The Morgan fingerprint density at radius 2 is 2.13 bits per heavy atom. The van der Waals surface area contributed by atoms with Crippen LogP contribution >= 0.6 is 0 Å². The fourth-order valence-electron chi connectivity index (χ4n) is 3.33. The topological polar surface area (TPSA) is 40.5 Å². The highest BCUT2D eigenvalue weighted by molar-refractivity contribution is 5.78. The first-order valence-corrected chi connectivity index (χ1v) is 6.06. The van der Waals surface area contributed by atoms with Gasteiger partial charge in [-0.2, -0.15) is 0 Å². The molecule has 3 heteroatoms. The SMILES string of the molecule is CC1CCCC1N1CCCC1(C)C(=O)O. The second-order valence-corrected chi connectivity index (χ2v) is 5.35. The van der Waals surface area contributed by atoms with Gasteiger partial charge in [-0.15, -0.1) is 0 Å². The number of hydrogen-bond donors (Lipinski definition) is 1. The highest BCUT2D eigenvalue weighted by atomic mass is 16.4. The Balaban J connectivity index is 2.17. The normalized spacial score (nSPS) is 42.3. The Morgan fingerprint density at radius 3 is 2.67 bits per heavy atom. The predicted molar refractivity (Wildman–Crippen MR) is 58.8 cm³/mol. The van der Waals surface area contributed by atoms with E-state index in [2.05, 4.69) is 11.8 Å². The molecule has 2 aliphatic rings. The van der Waals surface area contributed by atoms with Crippen LogP contribution in [0.2, 0.25) is 0 Å². The monoisotopic (exact) mass is 211 g/mol. The molecule has 1 saturated carbocycles. The molecule has 0 amide bonds. The molecule has 1 heterocycles. The Kier molecular flexibility index (Phi) is 2.75. The summed E-state index contributed by atoms with van der Waals surface area (Å²) in [4.78, 5) is 13.6. The lowest BCUT2D eigenvalue weighted by atomic mass is 9.95. The van der Waals surface area contributed by atoms with Crippen molar-refractivity contribution in [2.75, 3.05) is 6.54 Å². The smallest absolute Gasteiger partial charge is 0.323 e. The largest absolute Gasteiger partial charge is 0.480 e. The zero-order valence-corrected chi connectivity index (χ0v) is 9.70. The molecule has 0 aromatic rings. The molecule has 1 aliphatic heterocycles. The number of carboxylic acids is 1. The predicted octanol–water partition coefficient (Wildman–Crippen LogP) is 2.11. The van der Waals surface area contributed by atoms with Crippen molar-refractivity contribution in [2.24, 2.45) is 5.92 Å². The van der Waals surface area contributed by atoms with Gasteiger partial charge in [0.15, 0.2) is 0 Å². The van der Waals surface area contributed by atoms with E-state index in [0.717, 1.165) is 19.4 Å². The van der Waals surface area contributed by atoms with Gasteiger partial charge < -0.3 is 5.11 Å². The lowest BCUT2D eigenvalue weighted by molar-refractivity contribution is -0.150. The zero-order valence-electron chi connectivity index (χ0n) is 9.70. The number of rotatable bonds is 2. The van der Waals surface area contributed by atoms with Crippen LogP contribution in [0.4, 0.5) is 0 Å². The van der Waals surface area contributed by atoms with Gasteiger partial charge in [0, 0.05) is 6.04 Å². The van der Waals surface area contributed by atoms with Gasteiger partial charge in [0.05, 0.1) is 0 Å². The van der Waals surface area contributed by atoms with E-state index in [9.17, 15) is 9.90 Å². The second-order valence-electron chi connectivity index (χ2n) is 5.35. The van der Waals surface area contributed by atoms with Crippen molar-refractivity contribution in [3.05, 3.63) is 0 Å². The van der Waals surface area contributed by atoms with Crippen LogP contribution in [0.25, 0.3) is 0 Å². The van der Waals surface area contributed by atoms with Gasteiger partial charge in [-0.3, -0.25) is 9.69 Å². The van der Waals surface area contributed by atoms with E-state index < -0.39 is 11.5 Å². The molecule has 3 atom stereocenters. The minimum Gasteiger partial charge on any atom is -0.480 e. The number of hydrogen-bond acceptors (Lipinski definition) is 2. The van der Waals surface area contributed by atoms with E-state index in [1.807, 2.05) is 6.92 Å². The van der Waals surface area contributed by atoms with Crippen molar-refractivity contribution in [3.8, 4) is 0 Å². The number of likely N-dealkylation sites (tertiary alicyclic amines) is 1. The molecule has 3 unspecified atom stereocenters. The van der Waals surface area contributed by atoms with Crippen molar-refractivity contribution in [1.82, 2.24) is 4.90 Å². The molecule has 15 heavy (non-hydrogen) atoms. The maximum Gasteiger partial charge on any atom is 0.323 e. The summed E-state index contributed by atoms with van der Waals surface area (Å²) >= 11 is 0. The first-order chi connectivity index (χ1) is 7.05. The highest BCUT2D eigenvalue weighted by Crippen LogP contribution is 2.39. The molecule has 86 valence electrons. The number of carboxylic acid groups (broad SMARTS) is 1. The van der Waals surface area contributed by atoms with Crippen LogP contribution in [0.5, 0.6) is 0 Å². The van der Waals surface area contributed by atoms with E-state index in [0.29, 0.717) is 12.0 Å². The average Bonchev–Trinajstić information content (AvgIpc) is 2.72. The lowest BCUT2D eigenvalue weighted by Gasteiger charge is -2.38. The van der Waals surface area contributed by atoms with Gasteiger partial charge in [-0.1, -0.05) is 13.3 Å². The molecular weight excluding hydrogens is 190 g/mol.